The highest BCUT2D eigenvalue weighted by molar-refractivity contribution is 9.10. The van der Waals surface area contributed by atoms with Crippen molar-refractivity contribution >= 4 is 50.3 Å². The number of aryl methyl sites for hydroxylation is 2. The van der Waals surface area contributed by atoms with Crippen molar-refractivity contribution in [1.82, 2.24) is 14.8 Å². The number of para-hydroxylation sites is 1. The number of hydrogen-bond donors (Lipinski definition) is 1. The van der Waals surface area contributed by atoms with Crippen molar-refractivity contribution in [2.75, 3.05) is 11.1 Å². The van der Waals surface area contributed by atoms with E-state index < -0.39 is 0 Å². The second kappa shape index (κ2) is 9.11. The summed E-state index contributed by atoms with van der Waals surface area (Å²) in [5.41, 5.74) is 3.70. The molecule has 4 rings (SSSR count). The van der Waals surface area contributed by atoms with Crippen LogP contribution in [0.3, 0.4) is 0 Å². The van der Waals surface area contributed by atoms with Crippen LogP contribution in [0.4, 0.5) is 5.69 Å². The summed E-state index contributed by atoms with van der Waals surface area (Å²) in [7, 11) is 0. The number of anilines is 1. The summed E-state index contributed by atoms with van der Waals surface area (Å²) in [6, 6.07) is 13.7. The Bertz CT molecular complexity index is 1260. The first kappa shape index (κ1) is 21.4. The van der Waals surface area contributed by atoms with E-state index in [1.807, 2.05) is 60.9 Å². The number of thioether (sulfide) groups is 1. The number of carbonyl (C=O) groups excluding carboxylic acids is 1. The molecule has 2 heterocycles. The zero-order valence-electron chi connectivity index (χ0n) is 17.2. The fraction of sp³-hybridized carbons (Fsp3) is 0.174. The average molecular weight is 497 g/mol. The summed E-state index contributed by atoms with van der Waals surface area (Å²) < 4.78 is 8.85. The molecule has 1 N–H and O–H groups in total. The summed E-state index contributed by atoms with van der Waals surface area (Å²) in [4.78, 5) is 12.6. The number of hydrogen-bond acceptors (Lipinski definition) is 5. The SMILES string of the molecule is C=CCn1c(SCC(=O)Nc2c(C)cccc2C)nnc1-c1cc2cc(Br)ccc2o1. The van der Waals surface area contributed by atoms with Gasteiger partial charge in [0.25, 0.3) is 0 Å². The van der Waals surface area contributed by atoms with Gasteiger partial charge in [0, 0.05) is 22.1 Å². The molecule has 0 fully saturated rings. The van der Waals surface area contributed by atoms with Gasteiger partial charge in [-0.3, -0.25) is 9.36 Å². The Hall–Kier alpha value is -2.84. The van der Waals surface area contributed by atoms with Gasteiger partial charge in [-0.2, -0.15) is 0 Å². The van der Waals surface area contributed by atoms with Crippen molar-refractivity contribution in [3.05, 3.63) is 70.7 Å². The van der Waals surface area contributed by atoms with Crippen molar-refractivity contribution in [2.45, 2.75) is 25.5 Å². The first-order valence-corrected chi connectivity index (χ1v) is 11.5. The number of benzene rings is 2. The van der Waals surface area contributed by atoms with Crippen molar-refractivity contribution in [3.63, 3.8) is 0 Å². The second-order valence-electron chi connectivity index (χ2n) is 7.10. The first-order chi connectivity index (χ1) is 15.0. The van der Waals surface area contributed by atoms with E-state index in [9.17, 15) is 4.79 Å². The lowest BCUT2D eigenvalue weighted by molar-refractivity contribution is -0.113. The van der Waals surface area contributed by atoms with E-state index in [0.717, 1.165) is 32.3 Å². The lowest BCUT2D eigenvalue weighted by Gasteiger charge is -2.11. The molecule has 0 saturated heterocycles. The molecule has 0 aliphatic carbocycles. The molecule has 31 heavy (non-hydrogen) atoms. The Morgan fingerprint density at radius 1 is 1.23 bits per heavy atom. The molecular weight excluding hydrogens is 476 g/mol. The van der Waals surface area contributed by atoms with Crippen LogP contribution in [0.5, 0.6) is 0 Å². The number of fused-ring (bicyclic) bond motifs is 1. The Kier molecular flexibility index (Phi) is 6.29. The van der Waals surface area contributed by atoms with Crippen LogP contribution in [0.15, 0.2) is 69.2 Å². The van der Waals surface area contributed by atoms with Crippen LogP contribution < -0.4 is 5.32 Å². The molecule has 0 spiro atoms. The van der Waals surface area contributed by atoms with E-state index >= 15 is 0 Å². The standard InChI is InChI=1S/C23H21BrN4O2S/c1-4-10-28-22(19-12-16-11-17(24)8-9-18(16)30-19)26-27-23(28)31-13-20(29)25-21-14(2)6-5-7-15(21)3/h4-9,11-12H,1,10,13H2,2-3H3,(H,25,29). The summed E-state index contributed by atoms with van der Waals surface area (Å²) in [6.45, 7) is 8.30. The lowest BCUT2D eigenvalue weighted by atomic mass is 10.1. The number of allylic oxidation sites excluding steroid dienone is 1. The van der Waals surface area contributed by atoms with E-state index in [2.05, 4.69) is 38.0 Å². The smallest absolute Gasteiger partial charge is 0.234 e. The zero-order chi connectivity index (χ0) is 22.0. The van der Waals surface area contributed by atoms with Gasteiger partial charge in [0.05, 0.1) is 5.75 Å². The number of amides is 1. The number of aromatic nitrogens is 3. The number of nitrogens with zero attached hydrogens (tertiary/aromatic N) is 3. The predicted molar refractivity (Wildman–Crippen MR) is 128 cm³/mol. The number of rotatable bonds is 7. The Labute approximate surface area is 192 Å². The highest BCUT2D eigenvalue weighted by atomic mass is 79.9. The summed E-state index contributed by atoms with van der Waals surface area (Å²) >= 11 is 4.81. The van der Waals surface area contributed by atoms with Gasteiger partial charge < -0.3 is 9.73 Å². The van der Waals surface area contributed by atoms with Gasteiger partial charge in [0.15, 0.2) is 10.9 Å². The molecular formula is C23H21BrN4O2S. The van der Waals surface area contributed by atoms with Gasteiger partial charge in [-0.1, -0.05) is 52.0 Å². The Morgan fingerprint density at radius 3 is 2.74 bits per heavy atom. The van der Waals surface area contributed by atoms with Crippen LogP contribution in [0, 0.1) is 13.8 Å². The number of furan rings is 1. The molecule has 6 nitrogen and oxygen atoms in total. The third kappa shape index (κ3) is 4.60. The van der Waals surface area contributed by atoms with Crippen molar-refractivity contribution < 1.29 is 9.21 Å². The molecule has 0 unspecified atom stereocenters. The Morgan fingerprint density at radius 2 is 2.00 bits per heavy atom. The van der Waals surface area contributed by atoms with Gasteiger partial charge in [0.2, 0.25) is 11.7 Å². The minimum absolute atomic E-state index is 0.0920. The molecule has 0 bridgehead atoms. The van der Waals surface area contributed by atoms with Crippen molar-refractivity contribution in [3.8, 4) is 11.6 Å². The quantitative estimate of drug-likeness (QED) is 0.251. The summed E-state index contributed by atoms with van der Waals surface area (Å²) in [5.74, 6) is 1.35. The monoisotopic (exact) mass is 496 g/mol. The van der Waals surface area contributed by atoms with Gasteiger partial charge >= 0.3 is 0 Å². The van der Waals surface area contributed by atoms with Crippen LogP contribution in [-0.2, 0) is 11.3 Å². The molecule has 0 atom stereocenters. The van der Waals surface area contributed by atoms with Gasteiger partial charge in [-0.25, -0.2) is 0 Å². The molecule has 0 aliphatic heterocycles. The highest BCUT2D eigenvalue weighted by Crippen LogP contribution is 2.31. The topological polar surface area (TPSA) is 73.0 Å². The van der Waals surface area contributed by atoms with E-state index in [0.29, 0.717) is 23.3 Å². The fourth-order valence-corrected chi connectivity index (χ4v) is 4.44. The van der Waals surface area contributed by atoms with E-state index in [4.69, 9.17) is 4.42 Å². The van der Waals surface area contributed by atoms with Crippen LogP contribution >= 0.6 is 27.7 Å². The van der Waals surface area contributed by atoms with Crippen LogP contribution in [0.1, 0.15) is 11.1 Å². The zero-order valence-corrected chi connectivity index (χ0v) is 19.6. The Balaban J connectivity index is 1.54. The predicted octanol–water partition coefficient (Wildman–Crippen LogP) is 5.99. The first-order valence-electron chi connectivity index (χ1n) is 9.68. The third-order valence-electron chi connectivity index (χ3n) is 4.81. The fourth-order valence-electron chi connectivity index (χ4n) is 3.31. The molecule has 0 radical (unpaired) electrons. The maximum absolute atomic E-state index is 12.6. The largest absolute Gasteiger partial charge is 0.453 e. The van der Waals surface area contributed by atoms with Crippen LogP contribution in [-0.4, -0.2) is 26.4 Å². The van der Waals surface area contributed by atoms with Crippen LogP contribution in [0.25, 0.3) is 22.6 Å². The normalized spacial score (nSPS) is 11.1. The molecule has 8 heteroatoms. The molecule has 2 aromatic carbocycles. The van der Waals surface area contributed by atoms with E-state index in [-0.39, 0.29) is 11.7 Å². The van der Waals surface area contributed by atoms with E-state index in [1.54, 1.807) is 6.08 Å². The number of nitrogens with one attached hydrogen (secondary N) is 1. The molecule has 1 amide bonds. The number of halogens is 1. The lowest BCUT2D eigenvalue weighted by Crippen LogP contribution is -2.16. The van der Waals surface area contributed by atoms with Gasteiger partial charge in [0.1, 0.15) is 5.58 Å². The minimum atomic E-state index is -0.0920. The van der Waals surface area contributed by atoms with Crippen molar-refractivity contribution in [1.29, 1.82) is 0 Å². The summed E-state index contributed by atoms with van der Waals surface area (Å²) in [5, 5.41) is 13.2. The molecule has 4 aromatic rings. The molecule has 2 aromatic heterocycles. The summed E-state index contributed by atoms with van der Waals surface area (Å²) in [6.07, 6.45) is 1.77. The van der Waals surface area contributed by atoms with Gasteiger partial charge in [-0.05, 0) is 49.2 Å². The molecule has 0 aliphatic rings. The second-order valence-corrected chi connectivity index (χ2v) is 8.96. The third-order valence-corrected chi connectivity index (χ3v) is 6.27. The van der Waals surface area contributed by atoms with Crippen LogP contribution in [0.2, 0.25) is 0 Å². The van der Waals surface area contributed by atoms with Crippen molar-refractivity contribution in [2.24, 2.45) is 0 Å². The maximum Gasteiger partial charge on any atom is 0.234 e. The number of carbonyl (C=O) groups is 1. The minimum Gasteiger partial charge on any atom is -0.453 e. The molecule has 158 valence electrons. The van der Waals surface area contributed by atoms with Gasteiger partial charge in [-0.15, -0.1) is 16.8 Å². The average Bonchev–Trinajstić information content (AvgIpc) is 3.33. The maximum atomic E-state index is 12.6. The highest BCUT2D eigenvalue weighted by Gasteiger charge is 2.18. The van der Waals surface area contributed by atoms with E-state index in [1.165, 1.54) is 11.8 Å². The molecule has 0 saturated carbocycles.